The molecule has 4 aromatic carbocycles. The number of aryl methyl sites for hydroxylation is 4. The van der Waals surface area contributed by atoms with Crippen LogP contribution in [0.2, 0.25) is 0 Å². The van der Waals surface area contributed by atoms with E-state index >= 15 is 0 Å². The zero-order valence-corrected chi connectivity index (χ0v) is 19.1. The highest BCUT2D eigenvalue weighted by molar-refractivity contribution is 5.51. The van der Waals surface area contributed by atoms with Crippen molar-refractivity contribution in [2.45, 2.75) is 25.7 Å². The van der Waals surface area contributed by atoms with Gasteiger partial charge >= 0.3 is 0 Å². The molecule has 0 radical (unpaired) electrons. The van der Waals surface area contributed by atoms with Crippen molar-refractivity contribution < 1.29 is 0 Å². The minimum atomic E-state index is 0.942. The van der Waals surface area contributed by atoms with Gasteiger partial charge in [0.25, 0.3) is 0 Å². The van der Waals surface area contributed by atoms with Gasteiger partial charge in [0.2, 0.25) is 0 Å². The van der Waals surface area contributed by atoms with Gasteiger partial charge in [-0.3, -0.25) is 0 Å². The number of terminal acetylenes is 1. The molecule has 0 N–H and O–H groups in total. The molecule has 4 aromatic rings. The van der Waals surface area contributed by atoms with Crippen molar-refractivity contribution in [2.75, 3.05) is 0 Å². The van der Waals surface area contributed by atoms with Crippen molar-refractivity contribution in [1.82, 2.24) is 0 Å². The summed E-state index contributed by atoms with van der Waals surface area (Å²) in [7, 11) is 0. The van der Waals surface area contributed by atoms with Gasteiger partial charge in [0, 0.05) is 27.8 Å². The molecule has 0 amide bonds. The summed E-state index contributed by atoms with van der Waals surface area (Å²) in [5.41, 5.74) is 10.3. The fraction of sp³-hybridized carbons (Fsp3) is 0.118. The molecule has 0 aromatic heterocycles. The molecular formula is C34H24. The summed E-state index contributed by atoms with van der Waals surface area (Å²) in [5.74, 6) is 16.1. The predicted molar refractivity (Wildman–Crippen MR) is 140 cm³/mol. The second-order valence-corrected chi connectivity index (χ2v) is 8.57. The van der Waals surface area contributed by atoms with Crippen LogP contribution in [-0.2, 0) is 25.7 Å². The van der Waals surface area contributed by atoms with Crippen molar-refractivity contribution >= 4 is 0 Å². The van der Waals surface area contributed by atoms with Gasteiger partial charge in [0.15, 0.2) is 0 Å². The smallest absolute Gasteiger partial charge is 0.0283 e. The number of hydrogen-bond acceptors (Lipinski definition) is 0. The molecule has 4 bridgehead atoms. The zero-order chi connectivity index (χ0) is 23.2. The van der Waals surface area contributed by atoms with Crippen LogP contribution in [0.1, 0.15) is 50.1 Å². The van der Waals surface area contributed by atoms with E-state index in [2.05, 4.69) is 66.0 Å². The summed E-state index contributed by atoms with van der Waals surface area (Å²) < 4.78 is 0. The van der Waals surface area contributed by atoms with Crippen LogP contribution in [-0.4, -0.2) is 0 Å². The van der Waals surface area contributed by atoms with Gasteiger partial charge in [-0.1, -0.05) is 72.1 Å². The number of hydrogen-bond donors (Lipinski definition) is 0. The van der Waals surface area contributed by atoms with Crippen LogP contribution in [0, 0.1) is 36.0 Å². The molecule has 0 spiro atoms. The van der Waals surface area contributed by atoms with Crippen LogP contribution in [0.3, 0.4) is 0 Å². The monoisotopic (exact) mass is 432 g/mol. The summed E-state index contributed by atoms with van der Waals surface area (Å²) in [5, 5.41) is 0. The maximum absolute atomic E-state index is 5.77. The maximum Gasteiger partial charge on any atom is 0.0283 e. The SMILES string of the molecule is C#Cc1cc2ccc1CCc1ccc(c(C#Cc3ccc(C#Cc4ccccc4)cc3)c1)CC2. The molecule has 0 nitrogen and oxygen atoms in total. The third-order valence-electron chi connectivity index (χ3n) is 6.22. The molecule has 4 aliphatic rings. The lowest BCUT2D eigenvalue weighted by Gasteiger charge is -2.13. The molecule has 0 heterocycles. The topological polar surface area (TPSA) is 0 Å². The van der Waals surface area contributed by atoms with Crippen molar-refractivity contribution in [3.8, 4) is 36.0 Å². The minimum Gasteiger partial charge on any atom is -0.115 e. The molecule has 160 valence electrons. The molecule has 0 aliphatic heterocycles. The van der Waals surface area contributed by atoms with E-state index in [9.17, 15) is 0 Å². The van der Waals surface area contributed by atoms with Crippen molar-refractivity contribution in [3.05, 3.63) is 141 Å². The largest absolute Gasteiger partial charge is 0.115 e. The molecule has 8 rings (SSSR count). The van der Waals surface area contributed by atoms with E-state index in [-0.39, 0.29) is 0 Å². The normalized spacial score (nSPS) is 11.7. The first-order chi connectivity index (χ1) is 16.8. The average molecular weight is 433 g/mol. The summed E-state index contributed by atoms with van der Waals surface area (Å²) >= 11 is 0. The fourth-order valence-electron chi connectivity index (χ4n) is 4.25. The van der Waals surface area contributed by atoms with Crippen molar-refractivity contribution in [2.24, 2.45) is 0 Å². The van der Waals surface area contributed by atoms with Crippen LogP contribution >= 0.6 is 0 Å². The lowest BCUT2D eigenvalue weighted by Crippen LogP contribution is -2.02. The molecular weight excluding hydrogens is 408 g/mol. The van der Waals surface area contributed by atoms with Crippen LogP contribution in [0.25, 0.3) is 0 Å². The van der Waals surface area contributed by atoms with Crippen LogP contribution < -0.4 is 0 Å². The Kier molecular flexibility index (Phi) is 6.30. The predicted octanol–water partition coefficient (Wildman–Crippen LogP) is 6.35. The van der Waals surface area contributed by atoms with Gasteiger partial charge in [-0.2, -0.15) is 0 Å². The van der Waals surface area contributed by atoms with Crippen molar-refractivity contribution in [1.29, 1.82) is 0 Å². The van der Waals surface area contributed by atoms with Gasteiger partial charge < -0.3 is 0 Å². The second kappa shape index (κ2) is 10.0. The van der Waals surface area contributed by atoms with E-state index in [1.165, 1.54) is 22.3 Å². The Morgan fingerprint density at radius 2 is 0.971 bits per heavy atom. The summed E-state index contributed by atoms with van der Waals surface area (Å²) in [4.78, 5) is 0. The van der Waals surface area contributed by atoms with E-state index in [0.717, 1.165) is 53.5 Å². The summed E-state index contributed by atoms with van der Waals surface area (Å²) in [6.45, 7) is 0. The molecule has 0 heteroatoms. The highest BCUT2D eigenvalue weighted by Crippen LogP contribution is 2.21. The third-order valence-corrected chi connectivity index (χ3v) is 6.22. The molecule has 0 fully saturated rings. The van der Waals surface area contributed by atoms with Gasteiger partial charge in [0.1, 0.15) is 0 Å². The molecule has 0 saturated heterocycles. The van der Waals surface area contributed by atoms with Gasteiger partial charge in [0.05, 0.1) is 0 Å². The number of benzene rings is 4. The Morgan fingerprint density at radius 1 is 0.471 bits per heavy atom. The summed E-state index contributed by atoms with van der Waals surface area (Å²) in [6.07, 6.45) is 9.57. The van der Waals surface area contributed by atoms with Gasteiger partial charge in [-0.25, -0.2) is 0 Å². The van der Waals surface area contributed by atoms with E-state index in [0.29, 0.717) is 0 Å². The molecule has 0 atom stereocenters. The quantitative estimate of drug-likeness (QED) is 0.284. The Hall–Kier alpha value is -4.44. The standard InChI is InChI=1S/C34H24/c1-2-31-24-29-15-19-32(31)20-16-30-18-22-33(21-17-29)34(25-30)23-14-28-12-10-27(11-13-28)9-8-26-6-4-3-5-7-26/h1,3-7,10-13,15,18-19,22,24-25H,16-17,20-21H2. The Morgan fingerprint density at radius 3 is 1.56 bits per heavy atom. The Balaban J connectivity index is 1.38. The fourth-order valence-corrected chi connectivity index (χ4v) is 4.25. The first-order valence-corrected chi connectivity index (χ1v) is 11.7. The molecule has 0 unspecified atom stereocenters. The van der Waals surface area contributed by atoms with E-state index < -0.39 is 0 Å². The lowest BCUT2D eigenvalue weighted by molar-refractivity contribution is 0.916. The highest BCUT2D eigenvalue weighted by atomic mass is 14.1. The molecule has 34 heavy (non-hydrogen) atoms. The maximum atomic E-state index is 5.77. The highest BCUT2D eigenvalue weighted by Gasteiger charge is 2.09. The van der Waals surface area contributed by atoms with E-state index in [1.807, 2.05) is 54.6 Å². The minimum absolute atomic E-state index is 0.942. The number of rotatable bonds is 0. The zero-order valence-electron chi connectivity index (χ0n) is 19.1. The van der Waals surface area contributed by atoms with Crippen LogP contribution in [0.5, 0.6) is 0 Å². The van der Waals surface area contributed by atoms with Gasteiger partial charge in [-0.15, -0.1) is 6.42 Å². The van der Waals surface area contributed by atoms with Crippen LogP contribution in [0.4, 0.5) is 0 Å². The third kappa shape index (κ3) is 5.13. The van der Waals surface area contributed by atoms with E-state index in [1.54, 1.807) is 0 Å². The second-order valence-electron chi connectivity index (χ2n) is 8.57. The first kappa shape index (κ1) is 21.4. The Labute approximate surface area is 202 Å². The Bertz CT molecular complexity index is 1490. The lowest BCUT2D eigenvalue weighted by atomic mass is 9.91. The van der Waals surface area contributed by atoms with E-state index in [4.69, 9.17) is 6.42 Å². The van der Waals surface area contributed by atoms with Gasteiger partial charge in [-0.05, 0) is 96.5 Å². The molecule has 0 saturated carbocycles. The summed E-state index contributed by atoms with van der Waals surface area (Å²) in [6, 6.07) is 31.6. The van der Waals surface area contributed by atoms with Crippen LogP contribution in [0.15, 0.2) is 91.0 Å². The van der Waals surface area contributed by atoms with Crippen molar-refractivity contribution in [3.63, 3.8) is 0 Å². The average Bonchev–Trinajstić information content (AvgIpc) is 2.89. The molecule has 4 aliphatic carbocycles. The first-order valence-electron chi connectivity index (χ1n) is 11.7.